The van der Waals surface area contributed by atoms with E-state index >= 15 is 0 Å². The molecule has 1 unspecified atom stereocenters. The smallest absolute Gasteiger partial charge is 0.315 e. The SMILES string of the molecule is CC1(C)c2c(CO)cccc2N(CCN(CC(=O)F)CC(=O)F)C12C=Nc1c(c(CN(CC(=O)F)CC(=O)F)cc3ccccc13)O2. The molecule has 0 amide bonds. The number of anilines is 1. The first-order valence-corrected chi connectivity index (χ1v) is 14.7. The molecule has 2 aliphatic rings. The summed E-state index contributed by atoms with van der Waals surface area (Å²) < 4.78 is 60.8. The highest BCUT2D eigenvalue weighted by atomic mass is 19.1. The van der Waals surface area contributed by atoms with Gasteiger partial charge in [-0.3, -0.25) is 34.0 Å². The van der Waals surface area contributed by atoms with Crippen molar-refractivity contribution in [3.8, 4) is 5.75 Å². The number of hydrogen-bond acceptors (Lipinski definition) is 10. The molecule has 3 aromatic carbocycles. The highest BCUT2D eigenvalue weighted by Gasteiger charge is 2.60. The zero-order valence-corrected chi connectivity index (χ0v) is 25.6. The molecular formula is C33H32F4N4O6. The second-order valence-corrected chi connectivity index (χ2v) is 12.0. The topological polar surface area (TPSA) is 120 Å². The second kappa shape index (κ2) is 13.3. The maximum absolute atomic E-state index is 13.5. The predicted molar refractivity (Wildman–Crippen MR) is 164 cm³/mol. The van der Waals surface area contributed by atoms with E-state index in [1.54, 1.807) is 59.6 Å². The summed E-state index contributed by atoms with van der Waals surface area (Å²) in [5.74, 6) is 0.194. The van der Waals surface area contributed by atoms with Gasteiger partial charge in [0.1, 0.15) is 5.69 Å². The Morgan fingerprint density at radius 3 is 2.09 bits per heavy atom. The first kappa shape index (κ1) is 33.8. The minimum Gasteiger partial charge on any atom is -0.459 e. The molecular weight excluding hydrogens is 624 g/mol. The number of aliphatic hydroxyl groups excluding tert-OH is 1. The lowest BCUT2D eigenvalue weighted by Gasteiger charge is -2.47. The summed E-state index contributed by atoms with van der Waals surface area (Å²) in [6, 6.07) is 7.06. The van der Waals surface area contributed by atoms with Crippen LogP contribution in [0.15, 0.2) is 53.5 Å². The van der Waals surface area contributed by atoms with Crippen molar-refractivity contribution in [3.63, 3.8) is 0 Å². The Morgan fingerprint density at radius 1 is 0.851 bits per heavy atom. The van der Waals surface area contributed by atoms with E-state index < -0.39 is 61.5 Å². The highest BCUT2D eigenvalue weighted by molar-refractivity contribution is 6.01. The summed E-state index contributed by atoms with van der Waals surface area (Å²) in [5.41, 5.74) is 0.0903. The second-order valence-electron chi connectivity index (χ2n) is 12.0. The van der Waals surface area contributed by atoms with Crippen molar-refractivity contribution < 1.29 is 46.6 Å². The molecule has 1 N–H and O–H groups in total. The Bertz CT molecular complexity index is 1750. The normalized spacial score (nSPS) is 17.7. The van der Waals surface area contributed by atoms with Gasteiger partial charge in [0.15, 0.2) is 5.75 Å². The van der Waals surface area contributed by atoms with Crippen LogP contribution in [0.3, 0.4) is 0 Å². The molecule has 10 nitrogen and oxygen atoms in total. The van der Waals surface area contributed by atoms with Crippen LogP contribution in [0.1, 0.15) is 30.5 Å². The van der Waals surface area contributed by atoms with E-state index in [-0.39, 0.29) is 32.0 Å². The number of benzene rings is 3. The molecule has 3 aromatic rings. The molecule has 2 heterocycles. The number of hydrogen-bond donors (Lipinski definition) is 1. The van der Waals surface area contributed by atoms with Crippen LogP contribution < -0.4 is 9.64 Å². The summed E-state index contributed by atoms with van der Waals surface area (Å²) in [6.07, 6.45) is 1.58. The van der Waals surface area contributed by atoms with Crippen LogP contribution >= 0.6 is 0 Å². The van der Waals surface area contributed by atoms with E-state index in [4.69, 9.17) is 9.73 Å². The Balaban J connectivity index is 1.67. The summed E-state index contributed by atoms with van der Waals surface area (Å²) in [5, 5.41) is 11.7. The molecule has 248 valence electrons. The predicted octanol–water partition coefficient (Wildman–Crippen LogP) is 4.01. The lowest BCUT2D eigenvalue weighted by molar-refractivity contribution is -0.135. The van der Waals surface area contributed by atoms with Crippen molar-refractivity contribution in [1.29, 1.82) is 0 Å². The summed E-state index contributed by atoms with van der Waals surface area (Å²) in [4.78, 5) is 54.0. The fraction of sp³-hybridized carbons (Fsp3) is 0.364. The fourth-order valence-electron chi connectivity index (χ4n) is 6.69. The Hall–Kier alpha value is -4.53. The van der Waals surface area contributed by atoms with E-state index in [9.17, 15) is 41.8 Å². The monoisotopic (exact) mass is 656 g/mol. The van der Waals surface area contributed by atoms with Crippen LogP contribution in [-0.4, -0.2) is 90.3 Å². The van der Waals surface area contributed by atoms with Gasteiger partial charge in [0, 0.05) is 36.3 Å². The maximum Gasteiger partial charge on any atom is 0.315 e. The molecule has 0 aromatic heterocycles. The van der Waals surface area contributed by atoms with Gasteiger partial charge >= 0.3 is 24.1 Å². The van der Waals surface area contributed by atoms with Crippen molar-refractivity contribution in [2.75, 3.05) is 44.2 Å². The van der Waals surface area contributed by atoms with E-state index in [1.807, 2.05) is 13.8 Å². The van der Waals surface area contributed by atoms with Crippen LogP contribution in [0.25, 0.3) is 10.8 Å². The van der Waals surface area contributed by atoms with Crippen molar-refractivity contribution in [2.24, 2.45) is 4.99 Å². The molecule has 0 saturated heterocycles. The molecule has 0 radical (unpaired) electrons. The zero-order chi connectivity index (χ0) is 34.1. The molecule has 1 spiro atoms. The Labute approximate surface area is 267 Å². The van der Waals surface area contributed by atoms with Crippen LogP contribution in [0.5, 0.6) is 5.75 Å². The van der Waals surface area contributed by atoms with Gasteiger partial charge in [-0.25, -0.2) is 0 Å². The molecule has 1 atom stereocenters. The van der Waals surface area contributed by atoms with Gasteiger partial charge in [-0.2, -0.15) is 17.6 Å². The minimum absolute atomic E-state index is 0.0328. The number of carbonyl (C=O) groups is 4. The average Bonchev–Trinajstić information content (AvgIpc) is 3.16. The minimum atomic E-state index is -1.77. The number of carbonyl (C=O) groups excluding carboxylic acids is 4. The van der Waals surface area contributed by atoms with Crippen LogP contribution in [0.4, 0.5) is 28.9 Å². The van der Waals surface area contributed by atoms with Crippen molar-refractivity contribution >= 4 is 52.5 Å². The first-order valence-electron chi connectivity index (χ1n) is 14.7. The van der Waals surface area contributed by atoms with E-state index in [0.717, 1.165) is 9.80 Å². The number of ether oxygens (including phenoxy) is 1. The highest BCUT2D eigenvalue weighted by Crippen LogP contribution is 2.56. The van der Waals surface area contributed by atoms with E-state index in [0.29, 0.717) is 38.8 Å². The third-order valence-electron chi connectivity index (χ3n) is 8.62. The number of nitrogens with zero attached hydrogens (tertiary/aromatic N) is 4. The standard InChI is InChI=1S/C33H32F4N4O6/c1-32(2)29-21(18-42)7-5-9-24(29)41(11-10-39(14-25(34)43)15-26(35)44)33(32)19-38-30-23-8-4-3-6-20(23)12-22(31(30)47-33)13-40(16-27(36)45)17-28(37)46/h3-9,12,19,42H,10-11,13-18H2,1-2H3. The molecule has 0 saturated carbocycles. The number of aliphatic imine (C=N–C) groups is 1. The number of rotatable bonds is 14. The molecule has 2 aliphatic heterocycles. The van der Waals surface area contributed by atoms with Gasteiger partial charge in [-0.15, -0.1) is 0 Å². The first-order chi connectivity index (χ1) is 22.3. The number of fused-ring (bicyclic) bond motifs is 4. The third-order valence-corrected chi connectivity index (χ3v) is 8.62. The molecule has 14 heteroatoms. The fourth-order valence-corrected chi connectivity index (χ4v) is 6.69. The van der Waals surface area contributed by atoms with Crippen molar-refractivity contribution in [3.05, 3.63) is 65.2 Å². The number of halogens is 4. The number of aliphatic hydroxyl groups is 1. The molecule has 0 bridgehead atoms. The van der Waals surface area contributed by atoms with Crippen LogP contribution in [0.2, 0.25) is 0 Å². The molecule has 5 rings (SSSR count). The lowest BCUT2D eigenvalue weighted by atomic mass is 9.75. The van der Waals surface area contributed by atoms with E-state index in [1.165, 1.54) is 0 Å². The lowest BCUT2D eigenvalue weighted by Crippen LogP contribution is -2.63. The van der Waals surface area contributed by atoms with Gasteiger partial charge < -0.3 is 14.7 Å². The Morgan fingerprint density at radius 2 is 1.47 bits per heavy atom. The summed E-state index contributed by atoms with van der Waals surface area (Å²) >= 11 is 0. The quantitative estimate of drug-likeness (QED) is 0.203. The Kier molecular flexibility index (Phi) is 9.57. The van der Waals surface area contributed by atoms with Gasteiger partial charge in [0.25, 0.3) is 0 Å². The van der Waals surface area contributed by atoms with Crippen molar-refractivity contribution in [2.45, 2.75) is 38.1 Å². The summed E-state index contributed by atoms with van der Waals surface area (Å²) in [7, 11) is 0. The third kappa shape index (κ3) is 6.53. The van der Waals surface area contributed by atoms with Gasteiger partial charge in [0.2, 0.25) is 5.72 Å². The van der Waals surface area contributed by atoms with Crippen LogP contribution in [0, 0.1) is 0 Å². The molecule has 0 aliphatic carbocycles. The van der Waals surface area contributed by atoms with Gasteiger partial charge in [0.05, 0.1) is 44.4 Å². The van der Waals surface area contributed by atoms with Gasteiger partial charge in [-0.1, -0.05) is 36.4 Å². The maximum atomic E-state index is 13.5. The molecule has 47 heavy (non-hydrogen) atoms. The zero-order valence-electron chi connectivity index (χ0n) is 25.6. The van der Waals surface area contributed by atoms with Crippen molar-refractivity contribution in [1.82, 2.24) is 9.80 Å². The largest absolute Gasteiger partial charge is 0.459 e. The average molecular weight is 657 g/mol. The van der Waals surface area contributed by atoms with Gasteiger partial charge in [-0.05, 0) is 42.5 Å². The summed E-state index contributed by atoms with van der Waals surface area (Å²) in [6.45, 7) is -0.454. The van der Waals surface area contributed by atoms with Crippen LogP contribution in [-0.2, 0) is 37.7 Å². The molecule has 0 fully saturated rings. The van der Waals surface area contributed by atoms with E-state index in [2.05, 4.69) is 0 Å².